The third-order valence-electron chi connectivity index (χ3n) is 5.19. The molecular formula is C23H18ClN3. The lowest BCUT2D eigenvalue weighted by molar-refractivity contribution is 0.854. The maximum Gasteiger partial charge on any atom is 0.160 e. The largest absolute Gasteiger partial charge is 0.319 e. The minimum absolute atomic E-state index is 0.664. The van der Waals surface area contributed by atoms with Crippen LogP contribution in [0.3, 0.4) is 0 Å². The van der Waals surface area contributed by atoms with Crippen LogP contribution in [0.2, 0.25) is 5.02 Å². The van der Waals surface area contributed by atoms with Crippen LogP contribution >= 0.6 is 11.6 Å². The number of aryl methyl sites for hydroxylation is 2. The zero-order chi connectivity index (χ0) is 18.5. The van der Waals surface area contributed by atoms with Gasteiger partial charge in [-0.2, -0.15) is 0 Å². The van der Waals surface area contributed by atoms with Crippen LogP contribution in [0.1, 0.15) is 16.7 Å². The quantitative estimate of drug-likeness (QED) is 0.378. The van der Waals surface area contributed by atoms with Gasteiger partial charge in [-0.05, 0) is 48.7 Å². The fourth-order valence-electron chi connectivity index (χ4n) is 3.85. The number of para-hydroxylation sites is 2. The van der Waals surface area contributed by atoms with E-state index >= 15 is 0 Å². The summed E-state index contributed by atoms with van der Waals surface area (Å²) < 4.78 is 2.26. The summed E-state index contributed by atoms with van der Waals surface area (Å²) in [6, 6.07) is 20.3. The van der Waals surface area contributed by atoms with Gasteiger partial charge in [-0.3, -0.25) is 0 Å². The van der Waals surface area contributed by atoms with E-state index in [2.05, 4.69) is 36.6 Å². The highest BCUT2D eigenvalue weighted by atomic mass is 35.5. The molecule has 27 heavy (non-hydrogen) atoms. The lowest BCUT2D eigenvalue weighted by Gasteiger charge is -2.10. The number of halogens is 1. The van der Waals surface area contributed by atoms with Crippen LogP contribution < -0.4 is 0 Å². The highest BCUT2D eigenvalue weighted by Gasteiger charge is 2.18. The first-order valence-corrected chi connectivity index (χ1v) is 9.39. The second kappa shape index (κ2) is 6.07. The Bertz CT molecular complexity index is 1330. The first-order chi connectivity index (χ1) is 13.1. The molecule has 5 aromatic rings. The molecular weight excluding hydrogens is 354 g/mol. The summed E-state index contributed by atoms with van der Waals surface area (Å²) in [6.45, 7) is 4.94. The summed E-state index contributed by atoms with van der Waals surface area (Å²) in [7, 11) is 0. The summed E-state index contributed by atoms with van der Waals surface area (Å²) in [5.74, 6) is 0. The van der Waals surface area contributed by atoms with Gasteiger partial charge in [0.1, 0.15) is 5.52 Å². The zero-order valence-electron chi connectivity index (χ0n) is 15.2. The van der Waals surface area contributed by atoms with Crippen molar-refractivity contribution in [2.24, 2.45) is 0 Å². The molecule has 2 aromatic heterocycles. The van der Waals surface area contributed by atoms with E-state index < -0.39 is 0 Å². The Balaban J connectivity index is 1.93. The van der Waals surface area contributed by atoms with Crippen LogP contribution in [0.4, 0.5) is 0 Å². The smallest absolute Gasteiger partial charge is 0.160 e. The maximum atomic E-state index is 6.46. The highest BCUT2D eigenvalue weighted by molar-refractivity contribution is 6.31. The van der Waals surface area contributed by atoms with E-state index in [1.807, 2.05) is 42.5 Å². The van der Waals surface area contributed by atoms with Gasteiger partial charge in [0.25, 0.3) is 0 Å². The fourth-order valence-corrected chi connectivity index (χ4v) is 4.04. The Hall–Kier alpha value is -2.91. The molecule has 0 aliphatic rings. The monoisotopic (exact) mass is 371 g/mol. The molecule has 4 heteroatoms. The van der Waals surface area contributed by atoms with Crippen molar-refractivity contribution in [2.75, 3.05) is 0 Å². The third kappa shape index (κ3) is 2.50. The summed E-state index contributed by atoms with van der Waals surface area (Å²) in [6.07, 6.45) is 0. The average Bonchev–Trinajstić information content (AvgIpc) is 2.99. The number of hydrogen-bond acceptors (Lipinski definition) is 2. The molecule has 132 valence electrons. The van der Waals surface area contributed by atoms with Crippen LogP contribution in [0.5, 0.6) is 0 Å². The van der Waals surface area contributed by atoms with Crippen molar-refractivity contribution in [3.05, 3.63) is 82.4 Å². The van der Waals surface area contributed by atoms with Gasteiger partial charge in [0, 0.05) is 10.4 Å². The predicted molar refractivity (Wildman–Crippen MR) is 113 cm³/mol. The molecule has 0 aliphatic carbocycles. The van der Waals surface area contributed by atoms with Crippen molar-refractivity contribution in [1.29, 1.82) is 0 Å². The molecule has 0 atom stereocenters. The number of fused-ring (bicyclic) bond motifs is 4. The van der Waals surface area contributed by atoms with Gasteiger partial charge >= 0.3 is 0 Å². The normalized spacial score (nSPS) is 11.7. The first-order valence-electron chi connectivity index (χ1n) is 9.02. The van der Waals surface area contributed by atoms with Gasteiger partial charge < -0.3 is 4.57 Å². The summed E-state index contributed by atoms with van der Waals surface area (Å²) in [5, 5.41) is 1.95. The molecule has 5 rings (SSSR count). The molecule has 0 unspecified atom stereocenters. The van der Waals surface area contributed by atoms with Gasteiger partial charge in [-0.1, -0.05) is 54.1 Å². The Kier molecular flexibility index (Phi) is 3.66. The Morgan fingerprint density at radius 3 is 2.26 bits per heavy atom. The second-order valence-electron chi connectivity index (χ2n) is 6.99. The van der Waals surface area contributed by atoms with Gasteiger partial charge in [0.2, 0.25) is 0 Å². The molecule has 0 radical (unpaired) electrons. The minimum atomic E-state index is 0.664. The molecule has 0 fully saturated rings. The molecule has 3 aromatic carbocycles. The van der Waals surface area contributed by atoms with Gasteiger partial charge in [-0.25, -0.2) is 9.97 Å². The van der Waals surface area contributed by atoms with Crippen molar-refractivity contribution in [1.82, 2.24) is 14.5 Å². The average molecular weight is 372 g/mol. The molecule has 0 aliphatic heterocycles. The molecule has 0 spiro atoms. The van der Waals surface area contributed by atoms with E-state index in [-0.39, 0.29) is 0 Å². The van der Waals surface area contributed by atoms with Crippen LogP contribution in [-0.2, 0) is 6.54 Å². The summed E-state index contributed by atoms with van der Waals surface area (Å²) in [4.78, 5) is 9.96. The van der Waals surface area contributed by atoms with Crippen molar-refractivity contribution in [2.45, 2.75) is 20.4 Å². The predicted octanol–water partition coefficient (Wildman–Crippen LogP) is 6.06. The van der Waals surface area contributed by atoms with E-state index in [1.54, 1.807) is 0 Å². The van der Waals surface area contributed by atoms with E-state index in [1.165, 1.54) is 22.0 Å². The van der Waals surface area contributed by atoms with Crippen LogP contribution in [0, 0.1) is 13.8 Å². The SMILES string of the molecule is Cc1ccc(C)c2c1c1nc3ccccc3nc1n2Cc1ccccc1Cl. The second-order valence-corrected chi connectivity index (χ2v) is 7.39. The van der Waals surface area contributed by atoms with Crippen molar-refractivity contribution in [3.63, 3.8) is 0 Å². The highest BCUT2D eigenvalue weighted by Crippen LogP contribution is 2.33. The molecule has 3 nitrogen and oxygen atoms in total. The van der Waals surface area contributed by atoms with Gasteiger partial charge in [0.15, 0.2) is 5.65 Å². The lowest BCUT2D eigenvalue weighted by atomic mass is 10.1. The van der Waals surface area contributed by atoms with E-state index in [9.17, 15) is 0 Å². The number of hydrogen-bond donors (Lipinski definition) is 0. The minimum Gasteiger partial charge on any atom is -0.319 e. The number of rotatable bonds is 2. The van der Waals surface area contributed by atoms with Crippen molar-refractivity contribution >= 4 is 44.7 Å². The summed E-state index contributed by atoms with van der Waals surface area (Å²) in [5.41, 5.74) is 8.37. The summed E-state index contributed by atoms with van der Waals surface area (Å²) >= 11 is 6.46. The molecule has 0 amide bonds. The standard InChI is InChI=1S/C23H18ClN3/c1-14-11-12-15(2)22-20(14)21-23(26-19-10-6-5-9-18(19)25-21)27(22)13-16-7-3-4-8-17(16)24/h3-12H,13H2,1-2H3. The van der Waals surface area contributed by atoms with E-state index in [0.29, 0.717) is 6.54 Å². The van der Waals surface area contributed by atoms with Crippen LogP contribution in [0.25, 0.3) is 33.1 Å². The molecule has 0 saturated heterocycles. The molecule has 2 heterocycles. The molecule has 0 saturated carbocycles. The van der Waals surface area contributed by atoms with Crippen molar-refractivity contribution < 1.29 is 0 Å². The van der Waals surface area contributed by atoms with Crippen LogP contribution in [-0.4, -0.2) is 14.5 Å². The molecule has 0 N–H and O–H groups in total. The number of nitrogens with zero attached hydrogens (tertiary/aromatic N) is 3. The first kappa shape index (κ1) is 16.3. The van der Waals surface area contributed by atoms with Gasteiger partial charge in [0.05, 0.1) is 23.1 Å². The fraction of sp³-hybridized carbons (Fsp3) is 0.130. The zero-order valence-corrected chi connectivity index (χ0v) is 16.0. The van der Waals surface area contributed by atoms with Crippen LogP contribution in [0.15, 0.2) is 60.7 Å². The number of aromatic nitrogens is 3. The number of benzene rings is 3. The van der Waals surface area contributed by atoms with Gasteiger partial charge in [-0.15, -0.1) is 0 Å². The van der Waals surface area contributed by atoms with Crippen molar-refractivity contribution in [3.8, 4) is 0 Å². The maximum absolute atomic E-state index is 6.46. The Morgan fingerprint density at radius 1 is 0.815 bits per heavy atom. The third-order valence-corrected chi connectivity index (χ3v) is 5.56. The van der Waals surface area contributed by atoms with E-state index in [0.717, 1.165) is 32.8 Å². The topological polar surface area (TPSA) is 30.7 Å². The Morgan fingerprint density at radius 2 is 1.48 bits per heavy atom. The van der Waals surface area contributed by atoms with E-state index in [4.69, 9.17) is 21.6 Å². The molecule has 0 bridgehead atoms. The lowest BCUT2D eigenvalue weighted by Crippen LogP contribution is -2.02. The Labute approximate surface area is 162 Å².